The fourth-order valence-electron chi connectivity index (χ4n) is 1.90. The van der Waals surface area contributed by atoms with Crippen molar-refractivity contribution in [2.75, 3.05) is 20.3 Å². The number of rotatable bonds is 3. The van der Waals surface area contributed by atoms with Crippen molar-refractivity contribution in [3.8, 4) is 6.07 Å². The largest absolute Gasteiger partial charge is 0.444 e. The van der Waals surface area contributed by atoms with Gasteiger partial charge in [-0.3, -0.25) is 0 Å². The molecule has 2 rings (SSSR count). The number of ether oxygens (including phenoxy) is 2. The molecule has 7 heteroatoms. The van der Waals surface area contributed by atoms with E-state index in [0.29, 0.717) is 31.1 Å². The minimum Gasteiger partial charge on any atom is -0.444 e. The molecular formula is C14H20N4O3. The number of hydrogen-bond donors (Lipinski definition) is 0. The van der Waals surface area contributed by atoms with Crippen LogP contribution in [0.1, 0.15) is 38.2 Å². The van der Waals surface area contributed by atoms with Crippen LogP contribution in [0.5, 0.6) is 0 Å². The minimum atomic E-state index is -0.536. The fraction of sp³-hybridized carbons (Fsp3) is 0.643. The Labute approximate surface area is 124 Å². The van der Waals surface area contributed by atoms with E-state index >= 15 is 0 Å². The van der Waals surface area contributed by atoms with Crippen molar-refractivity contribution >= 4 is 6.09 Å². The normalized spacial score (nSPS) is 15.2. The number of carbonyl (C=O) groups excluding carboxylic acids is 1. The molecule has 21 heavy (non-hydrogen) atoms. The third-order valence-electron chi connectivity index (χ3n) is 2.97. The van der Waals surface area contributed by atoms with Crippen molar-refractivity contribution in [2.24, 2.45) is 0 Å². The monoisotopic (exact) mass is 292 g/mol. The Morgan fingerprint density at radius 2 is 2.29 bits per heavy atom. The molecule has 1 fully saturated rings. The van der Waals surface area contributed by atoms with Crippen molar-refractivity contribution in [3.05, 3.63) is 17.5 Å². The first-order chi connectivity index (χ1) is 9.80. The lowest BCUT2D eigenvalue weighted by molar-refractivity contribution is -0.0292. The van der Waals surface area contributed by atoms with Gasteiger partial charge in [0.1, 0.15) is 23.4 Å². The second-order valence-corrected chi connectivity index (χ2v) is 6.10. The number of nitriles is 1. The Morgan fingerprint density at radius 3 is 2.76 bits per heavy atom. The van der Waals surface area contributed by atoms with E-state index in [1.54, 1.807) is 17.8 Å². The van der Waals surface area contributed by atoms with Gasteiger partial charge in [-0.15, -0.1) is 0 Å². The van der Waals surface area contributed by atoms with Crippen LogP contribution in [0.25, 0.3) is 0 Å². The highest BCUT2D eigenvalue weighted by Crippen LogP contribution is 2.20. The van der Waals surface area contributed by atoms with E-state index in [1.165, 1.54) is 4.90 Å². The molecule has 1 amide bonds. The lowest BCUT2D eigenvalue weighted by Crippen LogP contribution is -2.34. The molecular weight excluding hydrogens is 272 g/mol. The Bertz CT molecular complexity index is 564. The first-order valence-electron chi connectivity index (χ1n) is 6.80. The second kappa shape index (κ2) is 5.74. The number of aromatic nitrogens is 2. The molecule has 1 aromatic heterocycles. The van der Waals surface area contributed by atoms with Crippen LogP contribution in [-0.2, 0) is 16.0 Å². The number of carbonyl (C=O) groups is 1. The van der Waals surface area contributed by atoms with E-state index in [0.717, 1.165) is 0 Å². The van der Waals surface area contributed by atoms with Crippen LogP contribution < -0.4 is 0 Å². The van der Waals surface area contributed by atoms with Gasteiger partial charge in [-0.2, -0.15) is 10.4 Å². The molecule has 114 valence electrons. The van der Waals surface area contributed by atoms with Crippen molar-refractivity contribution in [1.82, 2.24) is 14.7 Å². The van der Waals surface area contributed by atoms with Crippen LogP contribution in [0, 0.1) is 11.3 Å². The van der Waals surface area contributed by atoms with Gasteiger partial charge in [0.2, 0.25) is 0 Å². The van der Waals surface area contributed by atoms with E-state index in [9.17, 15) is 4.79 Å². The summed E-state index contributed by atoms with van der Waals surface area (Å²) >= 11 is 0. The zero-order valence-electron chi connectivity index (χ0n) is 12.8. The predicted molar refractivity (Wildman–Crippen MR) is 74.5 cm³/mol. The second-order valence-electron chi connectivity index (χ2n) is 6.10. The summed E-state index contributed by atoms with van der Waals surface area (Å²) in [6, 6.07) is 3.92. The molecule has 1 aliphatic heterocycles. The molecule has 1 aliphatic rings. The molecule has 0 saturated carbocycles. The average Bonchev–Trinajstić information content (AvgIpc) is 2.67. The summed E-state index contributed by atoms with van der Waals surface area (Å²) in [4.78, 5) is 13.4. The molecule has 1 aromatic rings. The minimum absolute atomic E-state index is 0.111. The number of hydrogen-bond acceptors (Lipinski definition) is 5. The van der Waals surface area contributed by atoms with Crippen LogP contribution in [0.2, 0.25) is 0 Å². The molecule has 2 heterocycles. The van der Waals surface area contributed by atoms with E-state index < -0.39 is 11.7 Å². The molecule has 0 bridgehead atoms. The molecule has 0 radical (unpaired) electrons. The molecule has 0 N–H and O–H groups in total. The summed E-state index contributed by atoms with van der Waals surface area (Å²) in [5.41, 5.74) is 0.605. The van der Waals surface area contributed by atoms with Gasteiger partial charge in [0.05, 0.1) is 25.5 Å². The van der Waals surface area contributed by atoms with Gasteiger partial charge in [0.25, 0.3) is 0 Å². The van der Waals surface area contributed by atoms with E-state index in [1.807, 2.05) is 20.8 Å². The number of amides is 1. The Hall–Kier alpha value is -2.07. The van der Waals surface area contributed by atoms with Crippen molar-refractivity contribution < 1.29 is 14.3 Å². The standard InChI is InChI=1S/C14H20N4O3/c1-14(2,3)21-13(19)17(4)7-10-5-11(6-15)18(16-10)12-8-20-9-12/h5,12H,7-9H2,1-4H3. The topological polar surface area (TPSA) is 80.4 Å². The van der Waals surface area contributed by atoms with Crippen LogP contribution in [0.3, 0.4) is 0 Å². The van der Waals surface area contributed by atoms with Crippen LogP contribution in [0.4, 0.5) is 4.79 Å². The van der Waals surface area contributed by atoms with Crippen LogP contribution >= 0.6 is 0 Å². The van der Waals surface area contributed by atoms with Gasteiger partial charge in [-0.05, 0) is 26.8 Å². The molecule has 1 saturated heterocycles. The van der Waals surface area contributed by atoms with Crippen LogP contribution in [-0.4, -0.2) is 46.6 Å². The molecule has 7 nitrogen and oxygen atoms in total. The summed E-state index contributed by atoms with van der Waals surface area (Å²) in [5, 5.41) is 13.5. The molecule has 0 aliphatic carbocycles. The Kier molecular flexibility index (Phi) is 4.19. The third kappa shape index (κ3) is 3.73. The lowest BCUT2D eigenvalue weighted by Gasteiger charge is -2.26. The summed E-state index contributed by atoms with van der Waals surface area (Å²) < 4.78 is 12.1. The van der Waals surface area contributed by atoms with Crippen molar-refractivity contribution in [2.45, 2.75) is 39.0 Å². The maximum absolute atomic E-state index is 11.9. The quantitative estimate of drug-likeness (QED) is 0.847. The summed E-state index contributed by atoms with van der Waals surface area (Å²) in [6.07, 6.45) is -0.414. The first-order valence-corrected chi connectivity index (χ1v) is 6.80. The SMILES string of the molecule is CN(Cc1cc(C#N)n(C2COC2)n1)C(=O)OC(C)(C)C. The van der Waals surface area contributed by atoms with Crippen molar-refractivity contribution in [3.63, 3.8) is 0 Å². The summed E-state index contributed by atoms with van der Waals surface area (Å²) in [7, 11) is 1.64. The summed E-state index contributed by atoms with van der Waals surface area (Å²) in [6.45, 7) is 6.88. The highest BCUT2D eigenvalue weighted by atomic mass is 16.6. The van der Waals surface area contributed by atoms with Gasteiger partial charge >= 0.3 is 6.09 Å². The first kappa shape index (κ1) is 15.3. The molecule has 0 atom stereocenters. The highest BCUT2D eigenvalue weighted by molar-refractivity contribution is 5.67. The van der Waals surface area contributed by atoms with Gasteiger partial charge in [0.15, 0.2) is 0 Å². The zero-order chi connectivity index (χ0) is 15.6. The fourth-order valence-corrected chi connectivity index (χ4v) is 1.90. The van der Waals surface area contributed by atoms with Gasteiger partial charge in [-0.1, -0.05) is 0 Å². The smallest absolute Gasteiger partial charge is 0.410 e. The third-order valence-corrected chi connectivity index (χ3v) is 2.97. The van der Waals surface area contributed by atoms with E-state index in [4.69, 9.17) is 14.7 Å². The lowest BCUT2D eigenvalue weighted by atomic mass is 10.2. The highest BCUT2D eigenvalue weighted by Gasteiger charge is 2.25. The predicted octanol–water partition coefficient (Wildman–Crippen LogP) is 1.69. The van der Waals surface area contributed by atoms with Gasteiger partial charge in [-0.25, -0.2) is 9.48 Å². The summed E-state index contributed by atoms with van der Waals surface area (Å²) in [5.74, 6) is 0. The van der Waals surface area contributed by atoms with E-state index in [2.05, 4.69) is 11.2 Å². The van der Waals surface area contributed by atoms with E-state index in [-0.39, 0.29) is 6.04 Å². The van der Waals surface area contributed by atoms with Crippen LogP contribution in [0.15, 0.2) is 6.07 Å². The van der Waals surface area contributed by atoms with Crippen molar-refractivity contribution in [1.29, 1.82) is 5.26 Å². The molecule has 0 aromatic carbocycles. The molecule has 0 unspecified atom stereocenters. The zero-order valence-corrected chi connectivity index (χ0v) is 12.8. The number of nitrogens with zero attached hydrogens (tertiary/aromatic N) is 4. The van der Waals surface area contributed by atoms with Gasteiger partial charge in [0, 0.05) is 7.05 Å². The Morgan fingerprint density at radius 1 is 1.62 bits per heavy atom. The Balaban J connectivity index is 2.04. The molecule has 0 spiro atoms. The van der Waals surface area contributed by atoms with Gasteiger partial charge < -0.3 is 14.4 Å². The average molecular weight is 292 g/mol. The maximum Gasteiger partial charge on any atom is 0.410 e. The maximum atomic E-state index is 11.9.